The fourth-order valence-corrected chi connectivity index (χ4v) is 3.26. The fraction of sp³-hybridized carbons (Fsp3) is 0.833. The number of rotatable bonds is 3. The normalized spacial score (nSPS) is 29.8. The molecular formula is C12H19NO4. The molecule has 0 aromatic rings. The van der Waals surface area contributed by atoms with Crippen LogP contribution in [-0.2, 0) is 4.79 Å². The van der Waals surface area contributed by atoms with Gasteiger partial charge in [-0.2, -0.15) is 0 Å². The first-order valence-electron chi connectivity index (χ1n) is 6.30. The average Bonchev–Trinajstić information content (AvgIpc) is 2.86. The van der Waals surface area contributed by atoms with Crippen molar-refractivity contribution < 1.29 is 19.8 Å². The molecule has 0 aromatic heterocycles. The second-order valence-electron chi connectivity index (χ2n) is 5.28. The van der Waals surface area contributed by atoms with Gasteiger partial charge in [-0.05, 0) is 24.7 Å². The van der Waals surface area contributed by atoms with Crippen LogP contribution in [0.1, 0.15) is 38.5 Å². The number of hydrogen-bond donors (Lipinski definition) is 2. The molecule has 17 heavy (non-hydrogen) atoms. The molecule has 1 aliphatic heterocycles. The number of carboxylic acid groups (broad SMARTS) is 2. The first kappa shape index (κ1) is 12.2. The molecule has 1 saturated carbocycles. The molecule has 1 amide bonds. The van der Waals surface area contributed by atoms with Gasteiger partial charge in [0.1, 0.15) is 6.04 Å². The van der Waals surface area contributed by atoms with E-state index in [0.717, 1.165) is 11.3 Å². The third-order valence-electron chi connectivity index (χ3n) is 4.06. The third kappa shape index (κ3) is 2.70. The van der Waals surface area contributed by atoms with Gasteiger partial charge >= 0.3 is 12.1 Å². The van der Waals surface area contributed by atoms with E-state index in [-0.39, 0.29) is 5.92 Å². The van der Waals surface area contributed by atoms with E-state index in [1.54, 1.807) is 0 Å². The first-order chi connectivity index (χ1) is 8.08. The maximum Gasteiger partial charge on any atom is 0.408 e. The number of likely N-dealkylation sites (tertiary alicyclic amines) is 1. The summed E-state index contributed by atoms with van der Waals surface area (Å²) in [6.07, 6.45) is 5.35. The number of aliphatic carboxylic acids is 1. The second-order valence-corrected chi connectivity index (χ2v) is 5.28. The predicted octanol–water partition coefficient (Wildman–Crippen LogP) is 2.02. The van der Waals surface area contributed by atoms with Gasteiger partial charge in [0.2, 0.25) is 0 Å². The predicted molar refractivity (Wildman–Crippen MR) is 60.8 cm³/mol. The number of nitrogens with zero attached hydrogens (tertiary/aromatic N) is 1. The summed E-state index contributed by atoms with van der Waals surface area (Å²) >= 11 is 0. The second kappa shape index (κ2) is 4.94. The Morgan fingerprint density at radius 2 is 1.76 bits per heavy atom. The van der Waals surface area contributed by atoms with Gasteiger partial charge in [-0.1, -0.05) is 25.7 Å². The molecule has 2 atom stereocenters. The zero-order valence-corrected chi connectivity index (χ0v) is 9.84. The van der Waals surface area contributed by atoms with Gasteiger partial charge in [0.25, 0.3) is 0 Å². The van der Waals surface area contributed by atoms with Crippen LogP contribution >= 0.6 is 0 Å². The van der Waals surface area contributed by atoms with E-state index < -0.39 is 18.1 Å². The van der Waals surface area contributed by atoms with E-state index in [2.05, 4.69) is 0 Å². The largest absolute Gasteiger partial charge is 0.480 e. The van der Waals surface area contributed by atoms with E-state index in [4.69, 9.17) is 10.2 Å². The van der Waals surface area contributed by atoms with Crippen LogP contribution in [0, 0.1) is 11.8 Å². The van der Waals surface area contributed by atoms with Gasteiger partial charge in [-0.25, -0.2) is 9.59 Å². The zero-order chi connectivity index (χ0) is 12.4. The highest BCUT2D eigenvalue weighted by Crippen LogP contribution is 2.35. The van der Waals surface area contributed by atoms with Crippen LogP contribution in [-0.4, -0.2) is 39.8 Å². The monoisotopic (exact) mass is 241 g/mol. The lowest BCUT2D eigenvalue weighted by atomic mass is 9.91. The van der Waals surface area contributed by atoms with Crippen LogP contribution in [0.3, 0.4) is 0 Å². The molecular weight excluding hydrogens is 222 g/mol. The molecule has 96 valence electrons. The van der Waals surface area contributed by atoms with Crippen molar-refractivity contribution in [2.75, 3.05) is 6.54 Å². The number of amides is 1. The minimum absolute atomic E-state index is 0.232. The van der Waals surface area contributed by atoms with Crippen molar-refractivity contribution in [1.29, 1.82) is 0 Å². The lowest BCUT2D eigenvalue weighted by Crippen LogP contribution is -2.39. The molecule has 2 aliphatic rings. The summed E-state index contributed by atoms with van der Waals surface area (Å²) in [5.74, 6) is -0.0974. The quantitative estimate of drug-likeness (QED) is 0.792. The summed E-state index contributed by atoms with van der Waals surface area (Å²) in [6, 6.07) is -0.834. The lowest BCUT2D eigenvalue weighted by molar-refractivity contribution is -0.141. The highest BCUT2D eigenvalue weighted by molar-refractivity contribution is 5.80. The molecule has 0 radical (unpaired) electrons. The first-order valence-corrected chi connectivity index (χ1v) is 6.30. The van der Waals surface area contributed by atoms with Crippen LogP contribution in [0.5, 0.6) is 0 Å². The van der Waals surface area contributed by atoms with Gasteiger partial charge in [-0.3, -0.25) is 4.90 Å². The highest BCUT2D eigenvalue weighted by atomic mass is 16.4. The molecule has 5 nitrogen and oxygen atoms in total. The molecule has 0 aromatic carbocycles. The summed E-state index contributed by atoms with van der Waals surface area (Å²) in [5, 5.41) is 18.0. The average molecular weight is 241 g/mol. The van der Waals surface area contributed by atoms with E-state index in [0.29, 0.717) is 18.9 Å². The molecule has 1 saturated heterocycles. The molecule has 1 aliphatic carbocycles. The maximum atomic E-state index is 11.0. The Morgan fingerprint density at radius 3 is 2.24 bits per heavy atom. The molecule has 0 unspecified atom stereocenters. The van der Waals surface area contributed by atoms with Gasteiger partial charge in [-0.15, -0.1) is 0 Å². The summed E-state index contributed by atoms with van der Waals surface area (Å²) in [4.78, 5) is 23.0. The fourth-order valence-electron chi connectivity index (χ4n) is 3.26. The Labute approximate surface area is 100 Å². The van der Waals surface area contributed by atoms with E-state index >= 15 is 0 Å². The van der Waals surface area contributed by atoms with Crippen molar-refractivity contribution in [3.05, 3.63) is 0 Å². The highest BCUT2D eigenvalue weighted by Gasteiger charge is 2.40. The van der Waals surface area contributed by atoms with Crippen molar-refractivity contribution in [2.24, 2.45) is 11.8 Å². The summed E-state index contributed by atoms with van der Waals surface area (Å²) in [6.45, 7) is 0.392. The topological polar surface area (TPSA) is 77.8 Å². The zero-order valence-electron chi connectivity index (χ0n) is 9.84. The SMILES string of the molecule is O=C(O)[C@@H]1C[C@@H](CC2CCCC2)CN1C(=O)O. The maximum absolute atomic E-state index is 11.0. The van der Waals surface area contributed by atoms with Crippen molar-refractivity contribution in [3.8, 4) is 0 Å². The van der Waals surface area contributed by atoms with E-state index in [9.17, 15) is 9.59 Å². The van der Waals surface area contributed by atoms with Crippen LogP contribution in [0.25, 0.3) is 0 Å². The molecule has 2 rings (SSSR count). The number of carbonyl (C=O) groups is 2. The van der Waals surface area contributed by atoms with Crippen LogP contribution < -0.4 is 0 Å². The van der Waals surface area contributed by atoms with Crippen molar-refractivity contribution in [1.82, 2.24) is 4.90 Å². The van der Waals surface area contributed by atoms with Gasteiger partial charge in [0.05, 0.1) is 0 Å². The Morgan fingerprint density at radius 1 is 1.12 bits per heavy atom. The smallest absolute Gasteiger partial charge is 0.408 e. The van der Waals surface area contributed by atoms with Gasteiger partial charge < -0.3 is 10.2 Å². The molecule has 0 bridgehead atoms. The van der Waals surface area contributed by atoms with Crippen LogP contribution in [0.15, 0.2) is 0 Å². The molecule has 0 spiro atoms. The number of hydrogen-bond acceptors (Lipinski definition) is 2. The summed E-state index contributed by atoms with van der Waals surface area (Å²) < 4.78 is 0. The lowest BCUT2D eigenvalue weighted by Gasteiger charge is -2.17. The van der Waals surface area contributed by atoms with Crippen molar-refractivity contribution >= 4 is 12.1 Å². The van der Waals surface area contributed by atoms with E-state index in [1.807, 2.05) is 0 Å². The Balaban J connectivity index is 1.93. The third-order valence-corrected chi connectivity index (χ3v) is 4.06. The molecule has 2 fully saturated rings. The summed E-state index contributed by atoms with van der Waals surface area (Å²) in [5.41, 5.74) is 0. The van der Waals surface area contributed by atoms with Crippen LogP contribution in [0.4, 0.5) is 4.79 Å². The van der Waals surface area contributed by atoms with Gasteiger partial charge in [0.15, 0.2) is 0 Å². The molecule has 1 heterocycles. The van der Waals surface area contributed by atoms with Gasteiger partial charge in [0, 0.05) is 6.54 Å². The Bertz CT molecular complexity index is 290. The van der Waals surface area contributed by atoms with Crippen molar-refractivity contribution in [3.63, 3.8) is 0 Å². The summed E-state index contributed by atoms with van der Waals surface area (Å²) in [7, 11) is 0. The standard InChI is InChI=1S/C12H19NO4/c14-11(15)10-6-9(7-13(10)12(16)17)5-8-3-1-2-4-8/h8-10H,1-7H2,(H,14,15)(H,16,17)/t9-,10+/m1/s1. The number of carboxylic acids is 1. The van der Waals surface area contributed by atoms with Crippen molar-refractivity contribution in [2.45, 2.75) is 44.6 Å². The Hall–Kier alpha value is -1.26. The minimum Gasteiger partial charge on any atom is -0.480 e. The van der Waals surface area contributed by atoms with Crippen LogP contribution in [0.2, 0.25) is 0 Å². The Kier molecular flexibility index (Phi) is 3.54. The molecule has 5 heteroatoms. The van der Waals surface area contributed by atoms with E-state index in [1.165, 1.54) is 25.7 Å². The minimum atomic E-state index is -1.11. The molecule has 2 N–H and O–H groups in total.